The van der Waals surface area contributed by atoms with Crippen LogP contribution < -0.4 is 5.32 Å². The Morgan fingerprint density at radius 3 is 2.76 bits per heavy atom. The molecule has 1 N–H and O–H groups in total. The first-order chi connectivity index (χ1) is 12.0. The highest BCUT2D eigenvalue weighted by Crippen LogP contribution is 2.22. The minimum Gasteiger partial charge on any atom is -0.288 e. The molecular weight excluding hydrogens is 387 g/mol. The molecule has 1 amide bonds. The Kier molecular flexibility index (Phi) is 5.27. The molecule has 0 aliphatic rings. The van der Waals surface area contributed by atoms with Crippen molar-refractivity contribution in [1.29, 1.82) is 0 Å². The smallest absolute Gasteiger partial charge is 0.277 e. The molecule has 0 spiro atoms. The van der Waals surface area contributed by atoms with Crippen LogP contribution in [-0.2, 0) is 13.1 Å². The zero-order valence-corrected chi connectivity index (χ0v) is 15.3. The third-order valence-corrected chi connectivity index (χ3v) is 4.28. The van der Waals surface area contributed by atoms with Gasteiger partial charge in [-0.3, -0.25) is 14.8 Å². The Balaban J connectivity index is 1.73. The number of amides is 1. The number of aryl methyl sites for hydroxylation is 1. The second-order valence-corrected chi connectivity index (χ2v) is 6.36. The van der Waals surface area contributed by atoms with E-state index >= 15 is 0 Å². The van der Waals surface area contributed by atoms with Crippen molar-refractivity contribution in [2.45, 2.75) is 20.0 Å². The monoisotopic (exact) mass is 398 g/mol. The van der Waals surface area contributed by atoms with Gasteiger partial charge in [-0.2, -0.15) is 5.10 Å². The molecule has 0 saturated carbocycles. The van der Waals surface area contributed by atoms with Gasteiger partial charge in [-0.25, -0.2) is 9.67 Å². The molecule has 0 aliphatic heterocycles. The summed E-state index contributed by atoms with van der Waals surface area (Å²) in [4.78, 5) is 16.4. The maximum Gasteiger partial charge on any atom is 0.277 e. The number of anilines is 1. The summed E-state index contributed by atoms with van der Waals surface area (Å²) >= 11 is 18.0. The summed E-state index contributed by atoms with van der Waals surface area (Å²) in [5, 5.41) is 12.2. The van der Waals surface area contributed by atoms with Crippen molar-refractivity contribution in [2.75, 3.05) is 5.32 Å². The fourth-order valence-electron chi connectivity index (χ4n) is 2.24. The van der Waals surface area contributed by atoms with Crippen LogP contribution >= 0.6 is 34.8 Å². The van der Waals surface area contributed by atoms with E-state index < -0.39 is 5.91 Å². The third-order valence-electron chi connectivity index (χ3n) is 3.42. The van der Waals surface area contributed by atoms with Crippen LogP contribution in [0.1, 0.15) is 23.0 Å². The van der Waals surface area contributed by atoms with Crippen LogP contribution in [-0.4, -0.2) is 30.5 Å². The van der Waals surface area contributed by atoms with E-state index in [1.54, 1.807) is 16.8 Å². The van der Waals surface area contributed by atoms with Gasteiger partial charge >= 0.3 is 0 Å². The summed E-state index contributed by atoms with van der Waals surface area (Å²) in [5.74, 6) is -0.262. The molecule has 2 heterocycles. The minimum absolute atomic E-state index is 0.162. The van der Waals surface area contributed by atoms with Gasteiger partial charge in [0.15, 0.2) is 0 Å². The first kappa shape index (κ1) is 17.7. The van der Waals surface area contributed by atoms with Crippen LogP contribution in [0.2, 0.25) is 15.1 Å². The van der Waals surface area contributed by atoms with Crippen molar-refractivity contribution in [2.24, 2.45) is 0 Å². The van der Waals surface area contributed by atoms with Crippen molar-refractivity contribution >= 4 is 46.7 Å². The molecule has 0 aliphatic carbocycles. The van der Waals surface area contributed by atoms with Gasteiger partial charge in [0, 0.05) is 16.6 Å². The molecule has 7 nitrogen and oxygen atoms in total. The van der Waals surface area contributed by atoms with E-state index in [0.29, 0.717) is 23.1 Å². The average Bonchev–Trinajstić information content (AvgIpc) is 3.16. The molecule has 0 radical (unpaired) electrons. The summed E-state index contributed by atoms with van der Waals surface area (Å²) in [6.07, 6.45) is 2.92. The van der Waals surface area contributed by atoms with Crippen LogP contribution in [0.4, 0.5) is 5.95 Å². The zero-order valence-electron chi connectivity index (χ0n) is 13.1. The molecule has 25 heavy (non-hydrogen) atoms. The third kappa shape index (κ3) is 3.95. The fraction of sp³-hybridized carbons (Fsp3) is 0.200. The van der Waals surface area contributed by atoms with E-state index in [-0.39, 0.29) is 16.7 Å². The van der Waals surface area contributed by atoms with Crippen LogP contribution in [0.25, 0.3) is 0 Å². The molecule has 3 rings (SSSR count). The normalized spacial score (nSPS) is 10.9. The highest BCUT2D eigenvalue weighted by atomic mass is 35.5. The number of benzene rings is 1. The second kappa shape index (κ2) is 7.43. The number of nitrogens with one attached hydrogen (secondary N) is 1. The summed E-state index contributed by atoms with van der Waals surface area (Å²) < 4.78 is 3.06. The number of hydrogen-bond donors (Lipinski definition) is 1. The summed E-state index contributed by atoms with van der Waals surface area (Å²) in [7, 11) is 0. The van der Waals surface area contributed by atoms with Gasteiger partial charge in [0.05, 0.1) is 17.8 Å². The maximum atomic E-state index is 12.4. The van der Waals surface area contributed by atoms with Crippen molar-refractivity contribution in [3.8, 4) is 0 Å². The van der Waals surface area contributed by atoms with Crippen LogP contribution in [0.5, 0.6) is 0 Å². The topological polar surface area (TPSA) is 77.6 Å². The number of carbonyl (C=O) groups is 1. The number of nitrogens with zero attached hydrogens (tertiary/aromatic N) is 5. The molecule has 10 heteroatoms. The molecule has 0 bridgehead atoms. The van der Waals surface area contributed by atoms with E-state index in [1.165, 1.54) is 17.2 Å². The molecular formula is C15H13Cl3N6O. The number of rotatable bonds is 5. The van der Waals surface area contributed by atoms with Gasteiger partial charge in [0.2, 0.25) is 5.95 Å². The molecule has 0 fully saturated rings. The van der Waals surface area contributed by atoms with Gasteiger partial charge in [-0.05, 0) is 24.6 Å². The number of halogens is 3. The first-order valence-corrected chi connectivity index (χ1v) is 8.47. The molecule has 130 valence electrons. The first-order valence-electron chi connectivity index (χ1n) is 7.34. The average molecular weight is 400 g/mol. The van der Waals surface area contributed by atoms with E-state index in [4.69, 9.17) is 34.8 Å². The van der Waals surface area contributed by atoms with Crippen LogP contribution in [0.3, 0.4) is 0 Å². The summed E-state index contributed by atoms with van der Waals surface area (Å²) in [6, 6.07) is 5.21. The van der Waals surface area contributed by atoms with Gasteiger partial charge in [-0.15, -0.1) is 5.10 Å². The summed E-state index contributed by atoms with van der Waals surface area (Å²) in [5.41, 5.74) is 1.10. The predicted octanol–water partition coefficient (Wildman–Crippen LogP) is 3.76. The van der Waals surface area contributed by atoms with Crippen molar-refractivity contribution < 1.29 is 4.79 Å². The van der Waals surface area contributed by atoms with E-state index in [1.807, 2.05) is 13.0 Å². The van der Waals surface area contributed by atoms with Crippen LogP contribution in [0, 0.1) is 0 Å². The van der Waals surface area contributed by atoms with Crippen molar-refractivity contribution in [3.05, 3.63) is 57.0 Å². The number of hydrogen-bond acceptors (Lipinski definition) is 4. The van der Waals surface area contributed by atoms with Gasteiger partial charge in [0.1, 0.15) is 12.0 Å². The largest absolute Gasteiger partial charge is 0.288 e. The van der Waals surface area contributed by atoms with E-state index in [9.17, 15) is 4.79 Å². The zero-order chi connectivity index (χ0) is 18.0. The standard InChI is InChI=1S/C15H13Cl3N6O/c1-2-24-13(12(18)6-20-24)14(25)21-15-19-8-23(22-15)7-9-3-4-10(16)5-11(9)17/h3-6,8H,2,7H2,1H3,(H,21,22,25). The number of carbonyl (C=O) groups excluding carboxylic acids is 1. The van der Waals surface area contributed by atoms with Gasteiger partial charge < -0.3 is 0 Å². The lowest BCUT2D eigenvalue weighted by Gasteiger charge is -2.05. The Bertz CT molecular complexity index is 920. The van der Waals surface area contributed by atoms with Crippen molar-refractivity contribution in [3.63, 3.8) is 0 Å². The van der Waals surface area contributed by atoms with E-state index in [0.717, 1.165) is 5.56 Å². The predicted molar refractivity (Wildman–Crippen MR) is 96.5 cm³/mol. The van der Waals surface area contributed by atoms with Gasteiger partial charge in [-0.1, -0.05) is 40.9 Å². The Morgan fingerprint density at radius 2 is 2.04 bits per heavy atom. The maximum absolute atomic E-state index is 12.4. The van der Waals surface area contributed by atoms with E-state index in [2.05, 4.69) is 20.5 Å². The Morgan fingerprint density at radius 1 is 1.24 bits per heavy atom. The van der Waals surface area contributed by atoms with Crippen LogP contribution in [0.15, 0.2) is 30.7 Å². The quantitative estimate of drug-likeness (QED) is 0.708. The SMILES string of the molecule is CCn1ncc(Cl)c1C(=O)Nc1ncn(Cc2ccc(Cl)cc2Cl)n1. The molecule has 1 aromatic carbocycles. The Hall–Kier alpha value is -2.09. The fourth-order valence-corrected chi connectivity index (χ4v) is 2.94. The molecule has 0 unspecified atom stereocenters. The molecule has 3 aromatic rings. The highest BCUT2D eigenvalue weighted by molar-refractivity contribution is 6.35. The second-order valence-electron chi connectivity index (χ2n) is 5.11. The lowest BCUT2D eigenvalue weighted by atomic mass is 10.2. The molecule has 2 aromatic heterocycles. The lowest BCUT2D eigenvalue weighted by Crippen LogP contribution is -2.18. The number of aromatic nitrogens is 5. The Labute approximate surface area is 158 Å². The summed E-state index contributed by atoms with van der Waals surface area (Å²) in [6.45, 7) is 2.78. The molecule has 0 atom stereocenters. The lowest BCUT2D eigenvalue weighted by molar-refractivity contribution is 0.101. The minimum atomic E-state index is -0.424. The van der Waals surface area contributed by atoms with Gasteiger partial charge in [0.25, 0.3) is 5.91 Å². The van der Waals surface area contributed by atoms with Crippen molar-refractivity contribution in [1.82, 2.24) is 24.5 Å². The molecule has 0 saturated heterocycles. The highest BCUT2D eigenvalue weighted by Gasteiger charge is 2.18.